The number of fused-ring (bicyclic) bond motifs is 1. The molecule has 5 nitrogen and oxygen atoms in total. The molecule has 5 heteroatoms. The number of pyridine rings is 1. The molecule has 0 radical (unpaired) electrons. The third-order valence-corrected chi connectivity index (χ3v) is 5.06. The summed E-state index contributed by atoms with van der Waals surface area (Å²) in [5.41, 5.74) is 1.78. The van der Waals surface area contributed by atoms with Gasteiger partial charge in [-0.2, -0.15) is 0 Å². The van der Waals surface area contributed by atoms with Crippen molar-refractivity contribution in [2.24, 2.45) is 7.05 Å². The molecule has 0 amide bonds. The molecule has 1 aliphatic rings. The molecule has 2 aromatic rings. The molecular formula is C21H27NO4. The maximum absolute atomic E-state index is 11.7. The number of hydrogen-bond acceptors (Lipinski definition) is 4. The molecule has 2 atom stereocenters. The van der Waals surface area contributed by atoms with Gasteiger partial charge in [-0.15, -0.1) is 0 Å². The number of rotatable bonds is 6. The topological polar surface area (TPSA) is 49.7 Å². The smallest absolute Gasteiger partial charge is 0.250 e. The molecule has 1 aromatic carbocycles. The van der Waals surface area contributed by atoms with Crippen LogP contribution in [0.1, 0.15) is 25.3 Å². The molecule has 140 valence electrons. The van der Waals surface area contributed by atoms with E-state index < -0.39 is 0 Å². The highest BCUT2D eigenvalue weighted by Gasteiger charge is 2.32. The Kier molecular flexibility index (Phi) is 5.91. The van der Waals surface area contributed by atoms with Crippen LogP contribution < -0.4 is 5.56 Å². The number of aryl methyl sites for hydroxylation is 1. The first kappa shape index (κ1) is 18.8. The summed E-state index contributed by atoms with van der Waals surface area (Å²) in [7, 11) is 3.54. The lowest BCUT2D eigenvalue weighted by Crippen LogP contribution is -2.39. The lowest BCUT2D eigenvalue weighted by Gasteiger charge is -2.36. The molecule has 0 saturated carbocycles. The van der Waals surface area contributed by atoms with Gasteiger partial charge in [-0.1, -0.05) is 18.2 Å². The number of benzene rings is 1. The summed E-state index contributed by atoms with van der Waals surface area (Å²) in [5, 5.41) is 1.04. The SMILES string of the molecule is COC1(C=CCOCc2ccc3c(ccc(=O)n3C)c2)CCOC(C)C1. The van der Waals surface area contributed by atoms with Crippen molar-refractivity contribution >= 4 is 10.9 Å². The van der Waals surface area contributed by atoms with Crippen molar-refractivity contribution in [3.05, 3.63) is 58.4 Å². The molecule has 0 aliphatic carbocycles. The minimum absolute atomic E-state index is 0.00106. The Bertz CT molecular complexity index is 842. The highest BCUT2D eigenvalue weighted by Crippen LogP contribution is 2.29. The van der Waals surface area contributed by atoms with Crippen LogP contribution in [0.2, 0.25) is 0 Å². The van der Waals surface area contributed by atoms with Crippen LogP contribution in [0.15, 0.2) is 47.3 Å². The second-order valence-corrected chi connectivity index (χ2v) is 6.95. The zero-order chi connectivity index (χ0) is 18.6. The van der Waals surface area contributed by atoms with E-state index in [2.05, 4.69) is 19.1 Å². The third-order valence-electron chi connectivity index (χ3n) is 5.06. The van der Waals surface area contributed by atoms with Crippen LogP contribution in [0.4, 0.5) is 0 Å². The lowest BCUT2D eigenvalue weighted by molar-refractivity contribution is -0.0910. The molecule has 1 aromatic heterocycles. The lowest BCUT2D eigenvalue weighted by atomic mass is 9.90. The summed E-state index contributed by atoms with van der Waals surface area (Å²) in [6, 6.07) is 9.48. The van der Waals surface area contributed by atoms with Crippen LogP contribution in [-0.2, 0) is 27.9 Å². The Morgan fingerprint density at radius 2 is 2.19 bits per heavy atom. The van der Waals surface area contributed by atoms with Gasteiger partial charge in [0.2, 0.25) is 0 Å². The summed E-state index contributed by atoms with van der Waals surface area (Å²) < 4.78 is 18.8. The molecule has 2 heterocycles. The standard InChI is InChI=1S/C21H27NO4/c1-16-14-21(24-3,10-12-26-16)9-4-11-25-15-17-5-7-19-18(13-17)6-8-20(23)22(19)2/h4-9,13,16H,10-12,14-15H2,1-3H3. The van der Waals surface area contributed by atoms with E-state index in [1.165, 1.54) is 0 Å². The van der Waals surface area contributed by atoms with Gasteiger partial charge in [0.25, 0.3) is 5.56 Å². The molecule has 0 bridgehead atoms. The van der Waals surface area contributed by atoms with Crippen molar-refractivity contribution in [3.63, 3.8) is 0 Å². The van der Waals surface area contributed by atoms with Crippen LogP contribution in [0, 0.1) is 0 Å². The fourth-order valence-corrected chi connectivity index (χ4v) is 3.52. The van der Waals surface area contributed by atoms with Gasteiger partial charge in [0.1, 0.15) is 0 Å². The summed E-state index contributed by atoms with van der Waals surface area (Å²) in [6.45, 7) is 3.86. The molecule has 1 fully saturated rings. The van der Waals surface area contributed by atoms with E-state index in [0.29, 0.717) is 13.2 Å². The Labute approximate surface area is 154 Å². The predicted molar refractivity (Wildman–Crippen MR) is 102 cm³/mol. The zero-order valence-corrected chi connectivity index (χ0v) is 15.7. The van der Waals surface area contributed by atoms with E-state index in [4.69, 9.17) is 14.2 Å². The first-order chi connectivity index (χ1) is 12.5. The molecule has 2 unspecified atom stereocenters. The Hall–Kier alpha value is -1.95. The highest BCUT2D eigenvalue weighted by molar-refractivity contribution is 5.79. The van der Waals surface area contributed by atoms with Crippen molar-refractivity contribution in [2.75, 3.05) is 20.3 Å². The van der Waals surface area contributed by atoms with Crippen molar-refractivity contribution in [2.45, 2.75) is 38.1 Å². The van der Waals surface area contributed by atoms with E-state index in [-0.39, 0.29) is 17.3 Å². The number of ether oxygens (including phenoxy) is 3. The van der Waals surface area contributed by atoms with Crippen LogP contribution in [0.3, 0.4) is 0 Å². The monoisotopic (exact) mass is 357 g/mol. The maximum atomic E-state index is 11.7. The van der Waals surface area contributed by atoms with Crippen molar-refractivity contribution in [3.8, 4) is 0 Å². The molecule has 1 saturated heterocycles. The number of hydrogen-bond donors (Lipinski definition) is 0. The van der Waals surface area contributed by atoms with Gasteiger partial charge >= 0.3 is 0 Å². The van der Waals surface area contributed by atoms with Gasteiger partial charge in [0, 0.05) is 39.7 Å². The average molecular weight is 357 g/mol. The largest absolute Gasteiger partial charge is 0.378 e. The van der Waals surface area contributed by atoms with Crippen molar-refractivity contribution in [1.29, 1.82) is 0 Å². The number of nitrogens with zero attached hydrogens (tertiary/aromatic N) is 1. The van der Waals surface area contributed by atoms with Gasteiger partial charge in [-0.3, -0.25) is 4.79 Å². The zero-order valence-electron chi connectivity index (χ0n) is 15.7. The first-order valence-corrected chi connectivity index (χ1v) is 9.04. The second kappa shape index (κ2) is 8.16. The van der Waals surface area contributed by atoms with Gasteiger partial charge in [-0.05, 0) is 36.1 Å². The number of aromatic nitrogens is 1. The minimum atomic E-state index is -0.241. The van der Waals surface area contributed by atoms with E-state index >= 15 is 0 Å². The molecule has 26 heavy (non-hydrogen) atoms. The average Bonchev–Trinajstić information content (AvgIpc) is 2.64. The Balaban J connectivity index is 1.57. The fourth-order valence-electron chi connectivity index (χ4n) is 3.52. The van der Waals surface area contributed by atoms with E-state index in [1.54, 1.807) is 24.8 Å². The van der Waals surface area contributed by atoms with Crippen molar-refractivity contribution < 1.29 is 14.2 Å². The van der Waals surface area contributed by atoms with Gasteiger partial charge in [-0.25, -0.2) is 0 Å². The predicted octanol–water partition coefficient (Wildman–Crippen LogP) is 3.20. The second-order valence-electron chi connectivity index (χ2n) is 6.95. The molecule has 3 rings (SSSR count). The quantitative estimate of drug-likeness (QED) is 0.588. The number of methoxy groups -OCH3 is 1. The Morgan fingerprint density at radius 1 is 1.35 bits per heavy atom. The van der Waals surface area contributed by atoms with E-state index in [0.717, 1.165) is 35.9 Å². The molecule has 0 N–H and O–H groups in total. The molecule has 1 aliphatic heterocycles. The maximum Gasteiger partial charge on any atom is 0.250 e. The van der Waals surface area contributed by atoms with Crippen molar-refractivity contribution in [1.82, 2.24) is 4.57 Å². The normalized spacial score (nSPS) is 23.7. The van der Waals surface area contributed by atoms with E-state index in [1.807, 2.05) is 24.3 Å². The van der Waals surface area contributed by atoms with Crippen LogP contribution in [0.5, 0.6) is 0 Å². The summed E-state index contributed by atoms with van der Waals surface area (Å²) in [6.07, 6.45) is 6.09. The van der Waals surface area contributed by atoms with Gasteiger partial charge in [0.05, 0.1) is 30.4 Å². The first-order valence-electron chi connectivity index (χ1n) is 9.04. The third kappa shape index (κ3) is 4.23. The van der Waals surface area contributed by atoms with Gasteiger partial charge in [0.15, 0.2) is 0 Å². The minimum Gasteiger partial charge on any atom is -0.378 e. The van der Waals surface area contributed by atoms with Crippen LogP contribution in [0.25, 0.3) is 10.9 Å². The van der Waals surface area contributed by atoms with Gasteiger partial charge < -0.3 is 18.8 Å². The fraction of sp³-hybridized carbons (Fsp3) is 0.476. The Morgan fingerprint density at radius 3 is 2.96 bits per heavy atom. The van der Waals surface area contributed by atoms with Crippen LogP contribution >= 0.6 is 0 Å². The van der Waals surface area contributed by atoms with Crippen LogP contribution in [-0.4, -0.2) is 36.6 Å². The summed E-state index contributed by atoms with van der Waals surface area (Å²) in [4.78, 5) is 11.7. The highest BCUT2D eigenvalue weighted by atomic mass is 16.5. The summed E-state index contributed by atoms with van der Waals surface area (Å²) >= 11 is 0. The molecular weight excluding hydrogens is 330 g/mol. The molecule has 0 spiro atoms. The summed E-state index contributed by atoms with van der Waals surface area (Å²) in [5.74, 6) is 0. The van der Waals surface area contributed by atoms with E-state index in [9.17, 15) is 4.79 Å².